The molecule has 1 aliphatic rings. The summed E-state index contributed by atoms with van der Waals surface area (Å²) in [5.74, 6) is 2.15. The second kappa shape index (κ2) is 5.93. The van der Waals surface area contributed by atoms with Gasteiger partial charge in [-0.2, -0.15) is 11.8 Å². The lowest BCUT2D eigenvalue weighted by Gasteiger charge is -2.22. The monoisotopic (exact) mass is 279 g/mol. The standard InChI is InChI=1S/C12H25NO2S2/c1-10(8-16-12(2,3)4)13-7-11-5-6-17(14,15)9-11/h10-11,13H,5-9H2,1-4H3/t10-,11-/m0/s1. The van der Waals surface area contributed by atoms with Gasteiger partial charge in [-0.15, -0.1) is 0 Å². The van der Waals surface area contributed by atoms with Crippen molar-refractivity contribution in [3.63, 3.8) is 0 Å². The zero-order valence-electron chi connectivity index (χ0n) is 11.3. The third-order valence-electron chi connectivity index (χ3n) is 2.85. The van der Waals surface area contributed by atoms with Crippen molar-refractivity contribution in [2.45, 2.75) is 44.9 Å². The quantitative estimate of drug-likeness (QED) is 0.835. The summed E-state index contributed by atoms with van der Waals surface area (Å²) in [6.07, 6.45) is 0.828. The van der Waals surface area contributed by atoms with Crippen LogP contribution in [0.15, 0.2) is 0 Å². The Hall–Kier alpha value is 0.260. The highest BCUT2D eigenvalue weighted by Crippen LogP contribution is 2.24. The summed E-state index contributed by atoms with van der Waals surface area (Å²) in [6.45, 7) is 9.66. The molecule has 1 saturated heterocycles. The minimum atomic E-state index is -2.72. The highest BCUT2D eigenvalue weighted by molar-refractivity contribution is 8.00. The summed E-state index contributed by atoms with van der Waals surface area (Å²) in [4.78, 5) is 0. The van der Waals surface area contributed by atoms with E-state index in [9.17, 15) is 8.42 Å². The molecule has 0 saturated carbocycles. The van der Waals surface area contributed by atoms with E-state index in [2.05, 4.69) is 33.0 Å². The molecule has 0 aromatic carbocycles. The van der Waals surface area contributed by atoms with Gasteiger partial charge in [-0.1, -0.05) is 20.8 Å². The zero-order chi connectivity index (χ0) is 13.1. The molecular formula is C12H25NO2S2. The maximum Gasteiger partial charge on any atom is 0.150 e. The van der Waals surface area contributed by atoms with Gasteiger partial charge in [0.1, 0.15) is 0 Å². The SMILES string of the molecule is C[C@@H](CSC(C)(C)C)NC[C@@H]1CCS(=O)(=O)C1. The molecule has 0 aliphatic carbocycles. The Morgan fingerprint density at radius 2 is 2.06 bits per heavy atom. The zero-order valence-corrected chi connectivity index (χ0v) is 13.0. The second-order valence-corrected chi connectivity index (χ2v) is 10.1. The van der Waals surface area contributed by atoms with Crippen LogP contribution in [0.25, 0.3) is 0 Å². The average molecular weight is 279 g/mol. The van der Waals surface area contributed by atoms with Crippen LogP contribution in [0.4, 0.5) is 0 Å². The van der Waals surface area contributed by atoms with Gasteiger partial charge in [-0.05, 0) is 25.8 Å². The van der Waals surface area contributed by atoms with E-state index in [-0.39, 0.29) is 0 Å². The Bertz CT molecular complexity index is 333. The summed E-state index contributed by atoms with van der Waals surface area (Å²) in [5, 5.41) is 3.45. The van der Waals surface area contributed by atoms with Crippen molar-refractivity contribution in [1.29, 1.82) is 0 Å². The Morgan fingerprint density at radius 3 is 2.53 bits per heavy atom. The van der Waals surface area contributed by atoms with Crippen molar-refractivity contribution in [1.82, 2.24) is 5.32 Å². The van der Waals surface area contributed by atoms with Gasteiger partial charge in [0.05, 0.1) is 11.5 Å². The largest absolute Gasteiger partial charge is 0.313 e. The number of thioether (sulfide) groups is 1. The minimum absolute atomic E-state index is 0.298. The second-order valence-electron chi connectivity index (χ2n) is 6.00. The van der Waals surface area contributed by atoms with Crippen molar-refractivity contribution in [2.24, 2.45) is 5.92 Å². The summed E-state index contributed by atoms with van der Waals surface area (Å²) in [7, 11) is -2.72. The van der Waals surface area contributed by atoms with E-state index in [0.29, 0.717) is 28.2 Å². The molecule has 1 N–H and O–H groups in total. The minimum Gasteiger partial charge on any atom is -0.313 e. The van der Waals surface area contributed by atoms with Gasteiger partial charge >= 0.3 is 0 Å². The van der Waals surface area contributed by atoms with Crippen molar-refractivity contribution in [3.8, 4) is 0 Å². The predicted octanol–water partition coefficient (Wildman–Crippen LogP) is 1.93. The molecule has 102 valence electrons. The van der Waals surface area contributed by atoms with E-state index in [1.807, 2.05) is 11.8 Å². The average Bonchev–Trinajstić information content (AvgIpc) is 2.51. The Morgan fingerprint density at radius 1 is 1.41 bits per heavy atom. The molecule has 0 spiro atoms. The van der Waals surface area contributed by atoms with E-state index in [1.54, 1.807) is 0 Å². The summed E-state index contributed by atoms with van der Waals surface area (Å²) >= 11 is 1.94. The Kier molecular flexibility index (Phi) is 5.35. The first-order valence-corrected chi connectivity index (χ1v) is 9.06. The lowest BCUT2D eigenvalue weighted by Crippen LogP contribution is -2.34. The molecule has 0 amide bonds. The summed E-state index contributed by atoms with van der Waals surface area (Å²) in [5.41, 5.74) is 0. The number of sulfone groups is 1. The number of nitrogens with one attached hydrogen (secondary N) is 1. The van der Waals surface area contributed by atoms with Gasteiger partial charge in [0, 0.05) is 16.5 Å². The lowest BCUT2D eigenvalue weighted by atomic mass is 10.1. The molecule has 1 aliphatic heterocycles. The number of rotatable bonds is 5. The van der Waals surface area contributed by atoms with Gasteiger partial charge in [-0.25, -0.2) is 8.42 Å². The summed E-state index contributed by atoms with van der Waals surface area (Å²) in [6, 6.07) is 0.447. The molecule has 0 unspecified atom stereocenters. The van der Waals surface area contributed by atoms with Crippen LogP contribution in [-0.4, -0.2) is 43.0 Å². The normalized spacial score (nSPS) is 26.0. The van der Waals surface area contributed by atoms with Gasteiger partial charge in [0.15, 0.2) is 9.84 Å². The van der Waals surface area contributed by atoms with E-state index in [4.69, 9.17) is 0 Å². The van der Waals surface area contributed by atoms with Crippen molar-refractivity contribution >= 4 is 21.6 Å². The molecule has 1 fully saturated rings. The first-order valence-electron chi connectivity index (χ1n) is 6.26. The molecular weight excluding hydrogens is 254 g/mol. The molecule has 0 aromatic rings. The third kappa shape index (κ3) is 6.67. The van der Waals surface area contributed by atoms with E-state index < -0.39 is 9.84 Å². The first kappa shape index (κ1) is 15.3. The molecule has 1 rings (SSSR count). The van der Waals surface area contributed by atoms with Gasteiger partial charge in [0.2, 0.25) is 0 Å². The van der Waals surface area contributed by atoms with Crippen LogP contribution in [0, 0.1) is 5.92 Å². The highest BCUT2D eigenvalue weighted by atomic mass is 32.2. The number of hydrogen-bond donors (Lipinski definition) is 1. The molecule has 17 heavy (non-hydrogen) atoms. The van der Waals surface area contributed by atoms with Crippen LogP contribution in [0.2, 0.25) is 0 Å². The van der Waals surface area contributed by atoms with E-state index in [0.717, 1.165) is 18.7 Å². The van der Waals surface area contributed by atoms with Gasteiger partial charge in [-0.3, -0.25) is 0 Å². The lowest BCUT2D eigenvalue weighted by molar-refractivity contribution is 0.486. The molecule has 2 atom stereocenters. The fourth-order valence-electron chi connectivity index (χ4n) is 1.83. The fourth-order valence-corrected chi connectivity index (χ4v) is 4.56. The molecule has 0 bridgehead atoms. The van der Waals surface area contributed by atoms with E-state index in [1.165, 1.54) is 0 Å². The van der Waals surface area contributed by atoms with Crippen LogP contribution in [0.5, 0.6) is 0 Å². The third-order valence-corrected chi connectivity index (χ3v) is 6.22. The maximum atomic E-state index is 11.3. The first-order chi connectivity index (χ1) is 7.68. The predicted molar refractivity (Wildman–Crippen MR) is 76.4 cm³/mol. The van der Waals surface area contributed by atoms with Crippen LogP contribution >= 0.6 is 11.8 Å². The van der Waals surface area contributed by atoms with Crippen molar-refractivity contribution < 1.29 is 8.42 Å². The van der Waals surface area contributed by atoms with Crippen LogP contribution < -0.4 is 5.32 Å². The maximum absolute atomic E-state index is 11.3. The van der Waals surface area contributed by atoms with Gasteiger partial charge in [0.25, 0.3) is 0 Å². The van der Waals surface area contributed by atoms with Crippen molar-refractivity contribution in [2.75, 3.05) is 23.8 Å². The molecule has 1 heterocycles. The van der Waals surface area contributed by atoms with Crippen LogP contribution in [-0.2, 0) is 9.84 Å². The molecule has 5 heteroatoms. The van der Waals surface area contributed by atoms with Crippen molar-refractivity contribution in [3.05, 3.63) is 0 Å². The number of hydrogen-bond acceptors (Lipinski definition) is 4. The smallest absolute Gasteiger partial charge is 0.150 e. The molecule has 0 aromatic heterocycles. The van der Waals surface area contributed by atoms with Gasteiger partial charge < -0.3 is 5.32 Å². The molecule has 3 nitrogen and oxygen atoms in total. The topological polar surface area (TPSA) is 46.2 Å². The Balaban J connectivity index is 2.19. The fraction of sp³-hybridized carbons (Fsp3) is 1.00. The van der Waals surface area contributed by atoms with Crippen LogP contribution in [0.3, 0.4) is 0 Å². The Labute approximate surface area is 110 Å². The highest BCUT2D eigenvalue weighted by Gasteiger charge is 2.27. The summed E-state index contributed by atoms with van der Waals surface area (Å²) < 4.78 is 22.9. The van der Waals surface area contributed by atoms with E-state index >= 15 is 0 Å². The molecule has 0 radical (unpaired) electrons. The van der Waals surface area contributed by atoms with Crippen LogP contribution in [0.1, 0.15) is 34.1 Å².